The number of rotatable bonds is 5. The number of thiazole rings is 1. The molecule has 1 atom stereocenters. The van der Waals surface area contributed by atoms with Crippen molar-refractivity contribution in [3.63, 3.8) is 0 Å². The van der Waals surface area contributed by atoms with Crippen LogP contribution in [0, 0.1) is 0 Å². The summed E-state index contributed by atoms with van der Waals surface area (Å²) in [5.74, 6) is 0.000668. The number of ketones is 1. The first-order chi connectivity index (χ1) is 11.0. The van der Waals surface area contributed by atoms with Gasteiger partial charge in [0.2, 0.25) is 5.78 Å². The molecule has 1 aromatic carbocycles. The summed E-state index contributed by atoms with van der Waals surface area (Å²) in [5.41, 5.74) is 1.92. The first-order valence-corrected chi connectivity index (χ1v) is 8.16. The van der Waals surface area contributed by atoms with Crippen LogP contribution in [-0.2, 0) is 4.74 Å². The zero-order chi connectivity index (χ0) is 16.6. The van der Waals surface area contributed by atoms with Gasteiger partial charge >= 0.3 is 0 Å². The number of hydrogen-bond donors (Lipinski definition) is 2. The standard InChI is InChI=1S/C17H18N2O3S/c1-9(2)15-13(17(21)22-3)19-16(23-15)14(20)11-8-18-12-7-5-4-6-10(11)12/h4-9,17-18,21H,1-3H3. The number of H-pyrrole nitrogens is 1. The molecule has 1 unspecified atom stereocenters. The normalized spacial score (nSPS) is 12.9. The Bertz CT molecular complexity index is 851. The van der Waals surface area contributed by atoms with Gasteiger partial charge in [0, 0.05) is 29.1 Å². The van der Waals surface area contributed by atoms with E-state index in [2.05, 4.69) is 9.97 Å². The molecule has 0 amide bonds. The van der Waals surface area contributed by atoms with Gasteiger partial charge in [0.1, 0.15) is 5.69 Å². The molecule has 0 saturated carbocycles. The molecule has 0 aliphatic heterocycles. The van der Waals surface area contributed by atoms with Crippen LogP contribution in [0.4, 0.5) is 0 Å². The molecular weight excluding hydrogens is 312 g/mol. The Morgan fingerprint density at radius 3 is 2.78 bits per heavy atom. The van der Waals surface area contributed by atoms with Crippen LogP contribution < -0.4 is 0 Å². The average molecular weight is 330 g/mol. The zero-order valence-corrected chi connectivity index (χ0v) is 14.0. The van der Waals surface area contributed by atoms with E-state index in [9.17, 15) is 9.90 Å². The quantitative estimate of drug-likeness (QED) is 0.553. The Morgan fingerprint density at radius 1 is 1.35 bits per heavy atom. The molecule has 0 spiro atoms. The molecule has 0 radical (unpaired) electrons. The van der Waals surface area contributed by atoms with Gasteiger partial charge in [-0.05, 0) is 12.0 Å². The smallest absolute Gasteiger partial charge is 0.223 e. The number of benzene rings is 1. The topological polar surface area (TPSA) is 75.2 Å². The van der Waals surface area contributed by atoms with E-state index in [1.54, 1.807) is 6.20 Å². The van der Waals surface area contributed by atoms with Gasteiger partial charge in [-0.2, -0.15) is 0 Å². The van der Waals surface area contributed by atoms with Gasteiger partial charge in [0.05, 0.1) is 5.56 Å². The minimum Gasteiger partial charge on any atom is -0.363 e. The first-order valence-electron chi connectivity index (χ1n) is 7.35. The summed E-state index contributed by atoms with van der Waals surface area (Å²) in [5, 5.41) is 11.2. The number of carbonyl (C=O) groups is 1. The van der Waals surface area contributed by atoms with Crippen LogP contribution in [-0.4, -0.2) is 28.0 Å². The predicted octanol–water partition coefficient (Wildman–Crippen LogP) is 3.62. The summed E-state index contributed by atoms with van der Waals surface area (Å²) in [7, 11) is 1.41. The van der Waals surface area contributed by atoms with Crippen molar-refractivity contribution < 1.29 is 14.6 Å². The number of aromatic amines is 1. The van der Waals surface area contributed by atoms with Gasteiger partial charge in [-0.15, -0.1) is 11.3 Å². The lowest BCUT2D eigenvalue weighted by Crippen LogP contribution is -2.05. The second-order valence-corrected chi connectivity index (χ2v) is 6.62. The van der Waals surface area contributed by atoms with Crippen molar-refractivity contribution >= 4 is 28.0 Å². The molecule has 5 nitrogen and oxygen atoms in total. The summed E-state index contributed by atoms with van der Waals surface area (Å²) in [4.78, 5) is 21.1. The van der Waals surface area contributed by atoms with E-state index in [4.69, 9.17) is 4.74 Å². The van der Waals surface area contributed by atoms with Crippen molar-refractivity contribution in [3.8, 4) is 0 Å². The van der Waals surface area contributed by atoms with Crippen molar-refractivity contribution in [2.45, 2.75) is 26.1 Å². The van der Waals surface area contributed by atoms with E-state index in [0.717, 1.165) is 15.8 Å². The molecule has 0 saturated heterocycles. The Kier molecular flexibility index (Phi) is 4.30. The molecule has 0 aliphatic rings. The zero-order valence-electron chi connectivity index (χ0n) is 13.2. The molecule has 2 heterocycles. The fourth-order valence-electron chi connectivity index (χ4n) is 2.52. The summed E-state index contributed by atoms with van der Waals surface area (Å²) in [6.45, 7) is 4.00. The number of carbonyl (C=O) groups excluding carboxylic acids is 1. The van der Waals surface area contributed by atoms with Gasteiger partial charge in [0.25, 0.3) is 0 Å². The van der Waals surface area contributed by atoms with Crippen LogP contribution in [0.1, 0.15) is 52.0 Å². The molecule has 3 rings (SSSR count). The Hall–Kier alpha value is -2.02. The lowest BCUT2D eigenvalue weighted by molar-refractivity contribution is -0.0801. The van der Waals surface area contributed by atoms with Gasteiger partial charge in [-0.1, -0.05) is 32.0 Å². The highest BCUT2D eigenvalue weighted by Gasteiger charge is 2.25. The average Bonchev–Trinajstić information content (AvgIpc) is 3.18. The summed E-state index contributed by atoms with van der Waals surface area (Å²) >= 11 is 1.31. The predicted molar refractivity (Wildman–Crippen MR) is 89.9 cm³/mol. The molecule has 120 valence electrons. The number of aliphatic hydroxyl groups is 1. The lowest BCUT2D eigenvalue weighted by Gasteiger charge is -2.09. The minimum absolute atomic E-state index is 0.149. The van der Waals surface area contributed by atoms with Crippen LogP contribution in [0.5, 0.6) is 0 Å². The van der Waals surface area contributed by atoms with Crippen molar-refractivity contribution in [1.29, 1.82) is 0 Å². The third-order valence-electron chi connectivity index (χ3n) is 3.69. The van der Waals surface area contributed by atoms with Crippen LogP contribution in [0.25, 0.3) is 10.9 Å². The number of ether oxygens (including phenoxy) is 1. The highest BCUT2D eigenvalue weighted by atomic mass is 32.1. The maximum absolute atomic E-state index is 12.8. The highest BCUT2D eigenvalue weighted by molar-refractivity contribution is 7.14. The van der Waals surface area contributed by atoms with Crippen molar-refractivity contribution in [2.24, 2.45) is 0 Å². The number of hydrogen-bond acceptors (Lipinski definition) is 5. The maximum atomic E-state index is 12.8. The van der Waals surface area contributed by atoms with E-state index in [0.29, 0.717) is 16.3 Å². The molecule has 3 aromatic rings. The Morgan fingerprint density at radius 2 is 2.09 bits per heavy atom. The summed E-state index contributed by atoms with van der Waals surface area (Å²) in [6.07, 6.45) is 0.587. The molecule has 0 bridgehead atoms. The van der Waals surface area contributed by atoms with Gasteiger partial charge in [-0.3, -0.25) is 4.79 Å². The Balaban J connectivity index is 2.06. The fraction of sp³-hybridized carbons (Fsp3) is 0.294. The highest BCUT2D eigenvalue weighted by Crippen LogP contribution is 2.32. The SMILES string of the molecule is COC(O)c1nc(C(=O)c2c[nH]c3ccccc23)sc1C(C)C. The van der Waals surface area contributed by atoms with Crippen LogP contribution in [0.3, 0.4) is 0 Å². The third kappa shape index (κ3) is 2.81. The second-order valence-electron chi connectivity index (χ2n) is 5.59. The van der Waals surface area contributed by atoms with E-state index >= 15 is 0 Å². The number of para-hydroxylation sites is 1. The number of nitrogens with one attached hydrogen (secondary N) is 1. The number of aromatic nitrogens is 2. The summed E-state index contributed by atoms with van der Waals surface area (Å²) < 4.78 is 4.96. The summed E-state index contributed by atoms with van der Waals surface area (Å²) in [6, 6.07) is 7.64. The maximum Gasteiger partial charge on any atom is 0.223 e. The number of methoxy groups -OCH3 is 1. The van der Waals surface area contributed by atoms with E-state index in [-0.39, 0.29) is 11.7 Å². The van der Waals surface area contributed by atoms with Crippen molar-refractivity contribution in [2.75, 3.05) is 7.11 Å². The molecule has 0 fully saturated rings. The molecule has 0 aliphatic carbocycles. The fourth-order valence-corrected chi connectivity index (χ4v) is 3.56. The monoisotopic (exact) mass is 330 g/mol. The first kappa shape index (κ1) is 15.9. The third-order valence-corrected chi connectivity index (χ3v) is 5.06. The van der Waals surface area contributed by atoms with Gasteiger partial charge in [-0.25, -0.2) is 4.98 Å². The van der Waals surface area contributed by atoms with Crippen molar-refractivity contribution in [1.82, 2.24) is 9.97 Å². The number of aliphatic hydroxyl groups excluding tert-OH is 1. The molecule has 23 heavy (non-hydrogen) atoms. The van der Waals surface area contributed by atoms with Crippen LogP contribution >= 0.6 is 11.3 Å². The lowest BCUT2D eigenvalue weighted by atomic mass is 10.1. The van der Waals surface area contributed by atoms with Gasteiger partial charge in [0.15, 0.2) is 11.3 Å². The van der Waals surface area contributed by atoms with E-state index < -0.39 is 6.29 Å². The minimum atomic E-state index is -1.12. The molecule has 6 heteroatoms. The second kappa shape index (κ2) is 6.23. The van der Waals surface area contributed by atoms with Crippen LogP contribution in [0.15, 0.2) is 30.5 Å². The number of fused-ring (bicyclic) bond motifs is 1. The Labute approximate surface area is 137 Å². The largest absolute Gasteiger partial charge is 0.363 e. The van der Waals surface area contributed by atoms with Gasteiger partial charge < -0.3 is 14.8 Å². The van der Waals surface area contributed by atoms with Crippen molar-refractivity contribution in [3.05, 3.63) is 51.6 Å². The van der Waals surface area contributed by atoms with Crippen LogP contribution in [0.2, 0.25) is 0 Å². The molecule has 2 aromatic heterocycles. The van der Waals surface area contributed by atoms with E-state index in [1.165, 1.54) is 18.4 Å². The molecule has 2 N–H and O–H groups in total. The molecular formula is C17H18N2O3S. The van der Waals surface area contributed by atoms with E-state index in [1.807, 2.05) is 38.1 Å². The number of nitrogens with zero attached hydrogens (tertiary/aromatic N) is 1.